The quantitative estimate of drug-likeness (QED) is 0.861. The molecule has 2 fully saturated rings. The van der Waals surface area contributed by atoms with Crippen LogP contribution in [0.5, 0.6) is 0 Å². The number of hydrogen-bond donors (Lipinski definition) is 1. The molecule has 6 heteroatoms. The van der Waals surface area contributed by atoms with Crippen molar-refractivity contribution in [3.05, 3.63) is 53.6 Å². The molecule has 0 amide bonds. The third-order valence-corrected chi connectivity index (χ3v) is 5.17. The summed E-state index contributed by atoms with van der Waals surface area (Å²) in [4.78, 5) is 4.49. The van der Waals surface area contributed by atoms with Gasteiger partial charge in [-0.1, -0.05) is 24.3 Å². The largest absolute Gasteiger partial charge is 0.370 e. The summed E-state index contributed by atoms with van der Waals surface area (Å²) >= 11 is 0. The van der Waals surface area contributed by atoms with Gasteiger partial charge in [-0.3, -0.25) is 0 Å². The summed E-state index contributed by atoms with van der Waals surface area (Å²) in [5.41, 5.74) is 2.35. The molecule has 26 heavy (non-hydrogen) atoms. The first-order chi connectivity index (χ1) is 12.8. The van der Waals surface area contributed by atoms with E-state index in [1.165, 1.54) is 12.0 Å². The third-order valence-electron chi connectivity index (χ3n) is 5.17. The van der Waals surface area contributed by atoms with Crippen molar-refractivity contribution in [3.8, 4) is 0 Å². The van der Waals surface area contributed by atoms with Crippen molar-refractivity contribution in [2.24, 2.45) is 13.0 Å². The topological polar surface area (TPSA) is 57.5 Å². The molecule has 1 aromatic carbocycles. The van der Waals surface area contributed by atoms with Gasteiger partial charge >= 0.3 is 0 Å². The lowest BCUT2D eigenvalue weighted by molar-refractivity contribution is -0.0441. The van der Waals surface area contributed by atoms with Crippen LogP contribution in [0.15, 0.2) is 36.7 Å². The summed E-state index contributed by atoms with van der Waals surface area (Å²) < 4.78 is 19.2. The molecule has 0 saturated carbocycles. The van der Waals surface area contributed by atoms with E-state index in [4.69, 9.17) is 14.2 Å². The Morgan fingerprint density at radius 1 is 1.12 bits per heavy atom. The van der Waals surface area contributed by atoms with Crippen LogP contribution in [0, 0.1) is 5.92 Å². The van der Waals surface area contributed by atoms with Crippen LogP contribution >= 0.6 is 0 Å². The maximum atomic E-state index is 6.04. The molecule has 2 aliphatic heterocycles. The number of aromatic nitrogens is 2. The van der Waals surface area contributed by atoms with Gasteiger partial charge in [0.05, 0.1) is 13.2 Å². The first-order valence-corrected chi connectivity index (χ1v) is 9.43. The third kappa shape index (κ3) is 3.99. The van der Waals surface area contributed by atoms with E-state index < -0.39 is 0 Å². The molecule has 1 aromatic heterocycles. The van der Waals surface area contributed by atoms with Crippen LogP contribution in [0.3, 0.4) is 0 Å². The first kappa shape index (κ1) is 17.7. The lowest BCUT2D eigenvalue weighted by atomic mass is 9.93. The van der Waals surface area contributed by atoms with E-state index >= 15 is 0 Å². The number of hydrogen-bond acceptors (Lipinski definition) is 5. The average molecular weight is 357 g/mol. The molecule has 0 spiro atoms. The smallest absolute Gasteiger partial charge is 0.184 e. The molecule has 2 aromatic rings. The predicted octanol–water partition coefficient (Wildman–Crippen LogP) is 2.72. The second kappa shape index (κ2) is 8.31. The molecule has 2 atom stereocenters. The fourth-order valence-electron chi connectivity index (χ4n) is 3.73. The predicted molar refractivity (Wildman–Crippen MR) is 97.4 cm³/mol. The summed E-state index contributed by atoms with van der Waals surface area (Å²) in [5, 5.41) is 3.59. The van der Waals surface area contributed by atoms with Crippen LogP contribution in [0.25, 0.3) is 0 Å². The Morgan fingerprint density at radius 2 is 1.92 bits per heavy atom. The molecule has 4 rings (SSSR count). The molecule has 3 heterocycles. The van der Waals surface area contributed by atoms with E-state index in [9.17, 15) is 0 Å². The van der Waals surface area contributed by atoms with Gasteiger partial charge in [0.1, 0.15) is 11.9 Å². The van der Waals surface area contributed by atoms with E-state index in [0.717, 1.165) is 37.5 Å². The number of aryl methyl sites for hydroxylation is 1. The maximum absolute atomic E-state index is 6.04. The Morgan fingerprint density at radius 3 is 2.65 bits per heavy atom. The number of imidazole rings is 1. The second-order valence-corrected chi connectivity index (χ2v) is 7.04. The van der Waals surface area contributed by atoms with Crippen molar-refractivity contribution in [2.75, 3.05) is 26.4 Å². The maximum Gasteiger partial charge on any atom is 0.184 e. The van der Waals surface area contributed by atoms with Gasteiger partial charge in [0, 0.05) is 50.6 Å². The minimum atomic E-state index is -0.199. The zero-order valence-electron chi connectivity index (χ0n) is 15.3. The second-order valence-electron chi connectivity index (χ2n) is 7.04. The molecule has 0 unspecified atom stereocenters. The molecule has 2 saturated heterocycles. The van der Waals surface area contributed by atoms with E-state index in [0.29, 0.717) is 19.1 Å². The summed E-state index contributed by atoms with van der Waals surface area (Å²) in [6, 6.07) is 8.46. The summed E-state index contributed by atoms with van der Waals surface area (Å²) in [5.74, 6) is 1.47. The number of ether oxygens (including phenoxy) is 3. The van der Waals surface area contributed by atoms with Crippen LogP contribution in [-0.4, -0.2) is 35.9 Å². The van der Waals surface area contributed by atoms with E-state index in [1.54, 1.807) is 0 Å². The monoisotopic (exact) mass is 357 g/mol. The summed E-state index contributed by atoms with van der Waals surface area (Å²) in [6.45, 7) is 3.94. The molecule has 2 aliphatic rings. The lowest BCUT2D eigenvalue weighted by Gasteiger charge is -2.31. The first-order valence-electron chi connectivity index (χ1n) is 9.43. The van der Waals surface area contributed by atoms with Crippen LogP contribution in [0.4, 0.5) is 0 Å². The molecular formula is C20H27N3O3. The van der Waals surface area contributed by atoms with Gasteiger partial charge in [0.2, 0.25) is 0 Å². The summed E-state index contributed by atoms with van der Waals surface area (Å²) in [6.07, 6.45) is 5.99. The number of nitrogens with one attached hydrogen (secondary N) is 1. The van der Waals surface area contributed by atoms with Gasteiger partial charge in [-0.2, -0.15) is 0 Å². The molecule has 1 N–H and O–H groups in total. The van der Waals surface area contributed by atoms with Crippen LogP contribution < -0.4 is 5.32 Å². The SMILES string of the molecule is Cn1ccnc1[C@@H]1OCCC[C@H]1CNCc1ccc(C2OCCO2)cc1. The fraction of sp³-hybridized carbons (Fsp3) is 0.550. The Bertz CT molecular complexity index is 695. The zero-order valence-corrected chi connectivity index (χ0v) is 15.3. The molecule has 0 aliphatic carbocycles. The van der Waals surface area contributed by atoms with E-state index in [2.05, 4.69) is 39.1 Å². The van der Waals surface area contributed by atoms with Crippen LogP contribution in [-0.2, 0) is 27.8 Å². The van der Waals surface area contributed by atoms with Gasteiger partial charge in [-0.05, 0) is 18.4 Å². The van der Waals surface area contributed by atoms with Crippen molar-refractivity contribution in [3.63, 3.8) is 0 Å². The minimum absolute atomic E-state index is 0.0790. The molecule has 0 radical (unpaired) electrons. The normalized spacial score (nSPS) is 24.2. The molecule has 0 bridgehead atoms. The van der Waals surface area contributed by atoms with Gasteiger partial charge in [0.15, 0.2) is 6.29 Å². The fourth-order valence-corrected chi connectivity index (χ4v) is 3.73. The zero-order chi connectivity index (χ0) is 17.8. The molecular weight excluding hydrogens is 330 g/mol. The number of nitrogens with zero attached hydrogens (tertiary/aromatic N) is 2. The summed E-state index contributed by atoms with van der Waals surface area (Å²) in [7, 11) is 2.03. The van der Waals surface area contributed by atoms with E-state index in [1.807, 2.05) is 19.4 Å². The van der Waals surface area contributed by atoms with E-state index in [-0.39, 0.29) is 12.4 Å². The highest BCUT2D eigenvalue weighted by Gasteiger charge is 2.29. The standard InChI is InChI=1S/C20H27N3O3/c1-23-9-8-22-19(23)18-17(3-2-10-24-18)14-21-13-15-4-6-16(7-5-15)20-25-11-12-26-20/h4-9,17-18,20-21H,2-3,10-14H2,1H3/t17-,18+/m0/s1. The minimum Gasteiger partial charge on any atom is -0.370 e. The van der Waals surface area contributed by atoms with Crippen molar-refractivity contribution in [1.82, 2.24) is 14.9 Å². The lowest BCUT2D eigenvalue weighted by Crippen LogP contribution is -2.33. The Balaban J connectivity index is 1.31. The number of rotatable bonds is 6. The van der Waals surface area contributed by atoms with Crippen molar-refractivity contribution in [1.29, 1.82) is 0 Å². The van der Waals surface area contributed by atoms with Crippen LogP contribution in [0.1, 0.15) is 42.2 Å². The number of benzene rings is 1. The van der Waals surface area contributed by atoms with Gasteiger partial charge < -0.3 is 24.1 Å². The van der Waals surface area contributed by atoms with Gasteiger partial charge in [-0.15, -0.1) is 0 Å². The Labute approximate surface area is 154 Å². The highest BCUT2D eigenvalue weighted by Crippen LogP contribution is 2.32. The highest BCUT2D eigenvalue weighted by atomic mass is 16.7. The van der Waals surface area contributed by atoms with Gasteiger partial charge in [0.25, 0.3) is 0 Å². The van der Waals surface area contributed by atoms with Gasteiger partial charge in [-0.25, -0.2) is 4.98 Å². The Kier molecular flexibility index (Phi) is 5.65. The van der Waals surface area contributed by atoms with Crippen molar-refractivity contribution in [2.45, 2.75) is 31.8 Å². The van der Waals surface area contributed by atoms with Crippen LogP contribution in [0.2, 0.25) is 0 Å². The van der Waals surface area contributed by atoms with Crippen molar-refractivity contribution >= 4 is 0 Å². The van der Waals surface area contributed by atoms with Crippen molar-refractivity contribution < 1.29 is 14.2 Å². The molecule has 6 nitrogen and oxygen atoms in total. The average Bonchev–Trinajstić information content (AvgIpc) is 3.35. The molecule has 140 valence electrons. The Hall–Kier alpha value is -1.73. The highest BCUT2D eigenvalue weighted by molar-refractivity contribution is 5.23.